The maximum Gasteiger partial charge on any atom is 0.166 e. The minimum absolute atomic E-state index is 0.103. The van der Waals surface area contributed by atoms with Gasteiger partial charge in [-0.3, -0.25) is 0 Å². The molecule has 0 fully saturated rings. The van der Waals surface area contributed by atoms with E-state index in [1.54, 1.807) is 6.92 Å². The van der Waals surface area contributed by atoms with E-state index in [0.717, 1.165) is 0 Å². The first-order valence-corrected chi connectivity index (χ1v) is 5.32. The second-order valence-electron chi connectivity index (χ2n) is 3.35. The van der Waals surface area contributed by atoms with Gasteiger partial charge in [0.1, 0.15) is 0 Å². The summed E-state index contributed by atoms with van der Waals surface area (Å²) < 4.78 is 13.8. The fraction of sp³-hybridized carbons (Fsp3) is 0.400. The molecule has 0 aliphatic heterocycles. The fourth-order valence-electron chi connectivity index (χ4n) is 1.46. The molecule has 3 nitrogen and oxygen atoms in total. The number of phenols is 1. The van der Waals surface area contributed by atoms with Crippen LogP contribution < -0.4 is 5.73 Å². The van der Waals surface area contributed by atoms with Crippen molar-refractivity contribution in [3.05, 3.63) is 27.5 Å². The van der Waals surface area contributed by atoms with Crippen molar-refractivity contribution in [1.82, 2.24) is 0 Å². The van der Waals surface area contributed by atoms with Gasteiger partial charge in [-0.15, -0.1) is 0 Å². The summed E-state index contributed by atoms with van der Waals surface area (Å²) in [7, 11) is 0. The summed E-state index contributed by atoms with van der Waals surface area (Å²) in [6.45, 7) is 1.63. The number of aliphatic hydroxyl groups excluding tert-OH is 1. The van der Waals surface area contributed by atoms with Gasteiger partial charge in [0.15, 0.2) is 11.6 Å². The van der Waals surface area contributed by atoms with Crippen molar-refractivity contribution in [2.75, 3.05) is 6.61 Å². The lowest BCUT2D eigenvalue weighted by molar-refractivity contribution is 0.275. The van der Waals surface area contributed by atoms with Crippen LogP contribution in [0.25, 0.3) is 0 Å². The highest BCUT2D eigenvalue weighted by Crippen LogP contribution is 2.35. The molecule has 0 saturated heterocycles. The Bertz CT molecular complexity index is 345. The molecule has 0 amide bonds. The van der Waals surface area contributed by atoms with Crippen LogP contribution in [0.15, 0.2) is 10.5 Å². The normalized spacial score (nSPS) is 12.9. The number of halogens is 2. The molecule has 0 bridgehead atoms. The van der Waals surface area contributed by atoms with Crippen molar-refractivity contribution in [3.63, 3.8) is 0 Å². The molecule has 1 atom stereocenters. The molecule has 0 aliphatic rings. The molecule has 0 saturated carbocycles. The van der Waals surface area contributed by atoms with E-state index >= 15 is 0 Å². The second-order valence-corrected chi connectivity index (χ2v) is 4.20. The lowest BCUT2D eigenvalue weighted by Gasteiger charge is -2.16. The van der Waals surface area contributed by atoms with Gasteiger partial charge in [0, 0.05) is 22.7 Å². The molecule has 5 heteroatoms. The molecule has 0 spiro atoms. The molecule has 84 valence electrons. The van der Waals surface area contributed by atoms with Gasteiger partial charge in [0.05, 0.1) is 0 Å². The smallest absolute Gasteiger partial charge is 0.166 e. The van der Waals surface area contributed by atoms with Gasteiger partial charge in [-0.1, -0.05) is 15.9 Å². The maximum absolute atomic E-state index is 13.2. The Morgan fingerprint density at radius 3 is 2.73 bits per heavy atom. The summed E-state index contributed by atoms with van der Waals surface area (Å²) >= 11 is 3.18. The Kier molecular flexibility index (Phi) is 4.07. The van der Waals surface area contributed by atoms with Crippen LogP contribution in [0.5, 0.6) is 5.75 Å². The highest BCUT2D eigenvalue weighted by Gasteiger charge is 2.19. The predicted molar refractivity (Wildman–Crippen MR) is 59.1 cm³/mol. The van der Waals surface area contributed by atoms with E-state index in [-0.39, 0.29) is 13.0 Å². The summed E-state index contributed by atoms with van der Waals surface area (Å²) in [5.41, 5.74) is 6.77. The van der Waals surface area contributed by atoms with Crippen LogP contribution in [0, 0.1) is 12.7 Å². The van der Waals surface area contributed by atoms with Gasteiger partial charge < -0.3 is 15.9 Å². The molecule has 0 aliphatic carbocycles. The Morgan fingerprint density at radius 1 is 1.60 bits per heavy atom. The van der Waals surface area contributed by atoms with E-state index in [0.29, 0.717) is 15.6 Å². The van der Waals surface area contributed by atoms with E-state index in [9.17, 15) is 9.50 Å². The predicted octanol–water partition coefficient (Wildman–Crippen LogP) is 1.98. The average Bonchev–Trinajstić information content (AvgIpc) is 2.16. The summed E-state index contributed by atoms with van der Waals surface area (Å²) in [4.78, 5) is 0. The Morgan fingerprint density at radius 2 is 2.20 bits per heavy atom. The SMILES string of the molecule is Cc1c(Br)cc(F)c(O)c1C(N)CCO. The van der Waals surface area contributed by atoms with Crippen LogP contribution in [-0.2, 0) is 0 Å². The number of rotatable bonds is 3. The number of aliphatic hydroxyl groups is 1. The highest BCUT2D eigenvalue weighted by molar-refractivity contribution is 9.10. The summed E-state index contributed by atoms with van der Waals surface area (Å²) in [6.07, 6.45) is 0.282. The molecular weight excluding hydrogens is 265 g/mol. The largest absolute Gasteiger partial charge is 0.505 e. The third-order valence-corrected chi connectivity index (χ3v) is 3.13. The monoisotopic (exact) mass is 277 g/mol. The van der Waals surface area contributed by atoms with Gasteiger partial charge in [0.2, 0.25) is 0 Å². The fourth-order valence-corrected chi connectivity index (χ4v) is 1.87. The van der Waals surface area contributed by atoms with Gasteiger partial charge in [0.25, 0.3) is 0 Å². The van der Waals surface area contributed by atoms with Crippen LogP contribution in [0.4, 0.5) is 4.39 Å². The number of aromatic hydroxyl groups is 1. The first-order chi connectivity index (χ1) is 6.99. The number of benzene rings is 1. The molecule has 0 radical (unpaired) electrons. The van der Waals surface area contributed by atoms with Crippen molar-refractivity contribution in [2.24, 2.45) is 5.73 Å². The molecule has 1 unspecified atom stereocenters. The summed E-state index contributed by atoms with van der Waals surface area (Å²) in [5.74, 6) is -1.15. The maximum atomic E-state index is 13.2. The first-order valence-electron chi connectivity index (χ1n) is 4.53. The second kappa shape index (κ2) is 4.92. The molecule has 1 rings (SSSR count). The van der Waals surface area contributed by atoms with E-state index in [1.807, 2.05) is 0 Å². The van der Waals surface area contributed by atoms with Crippen molar-refractivity contribution >= 4 is 15.9 Å². The minimum atomic E-state index is -0.712. The van der Waals surface area contributed by atoms with E-state index in [4.69, 9.17) is 10.8 Å². The lowest BCUT2D eigenvalue weighted by Crippen LogP contribution is -2.14. The topological polar surface area (TPSA) is 66.5 Å². The van der Waals surface area contributed by atoms with Gasteiger partial charge in [-0.2, -0.15) is 0 Å². The zero-order chi connectivity index (χ0) is 11.6. The van der Waals surface area contributed by atoms with Crippen molar-refractivity contribution < 1.29 is 14.6 Å². The first kappa shape index (κ1) is 12.4. The van der Waals surface area contributed by atoms with Crippen LogP contribution in [0.1, 0.15) is 23.6 Å². The molecule has 1 aromatic rings. The minimum Gasteiger partial charge on any atom is -0.505 e. The Balaban J connectivity index is 3.26. The van der Waals surface area contributed by atoms with Gasteiger partial charge >= 0.3 is 0 Å². The number of phenolic OH excluding ortho intramolecular Hbond substituents is 1. The summed E-state index contributed by atoms with van der Waals surface area (Å²) in [6, 6.07) is 0.627. The Hall–Kier alpha value is -0.650. The number of nitrogens with two attached hydrogens (primary N) is 1. The van der Waals surface area contributed by atoms with Crippen LogP contribution >= 0.6 is 15.9 Å². The highest BCUT2D eigenvalue weighted by atomic mass is 79.9. The van der Waals surface area contributed by atoms with Gasteiger partial charge in [-0.25, -0.2) is 4.39 Å². The van der Waals surface area contributed by atoms with Crippen LogP contribution in [-0.4, -0.2) is 16.8 Å². The third kappa shape index (κ3) is 2.48. The molecule has 4 N–H and O–H groups in total. The molecule has 0 aromatic heterocycles. The van der Waals surface area contributed by atoms with Crippen molar-refractivity contribution in [2.45, 2.75) is 19.4 Å². The number of hydrogen-bond donors (Lipinski definition) is 3. The zero-order valence-corrected chi connectivity index (χ0v) is 9.88. The standard InChI is InChI=1S/C10H13BrFNO2/c1-5-6(11)4-7(12)10(15)9(5)8(13)2-3-14/h4,8,14-15H,2-3,13H2,1H3. The number of hydrogen-bond acceptors (Lipinski definition) is 3. The van der Waals surface area contributed by atoms with Crippen molar-refractivity contribution in [3.8, 4) is 5.75 Å². The third-order valence-electron chi connectivity index (χ3n) is 2.31. The van der Waals surface area contributed by atoms with E-state index in [2.05, 4.69) is 15.9 Å². The molecule has 0 heterocycles. The lowest BCUT2D eigenvalue weighted by atomic mass is 9.98. The van der Waals surface area contributed by atoms with Crippen LogP contribution in [0.3, 0.4) is 0 Å². The summed E-state index contributed by atoms with van der Waals surface area (Å²) in [5, 5.41) is 18.3. The van der Waals surface area contributed by atoms with Crippen molar-refractivity contribution in [1.29, 1.82) is 0 Å². The molecule has 15 heavy (non-hydrogen) atoms. The Labute approximate surface area is 95.9 Å². The molecule has 1 aromatic carbocycles. The van der Waals surface area contributed by atoms with E-state index in [1.165, 1.54) is 6.07 Å². The quantitative estimate of drug-likeness (QED) is 0.792. The molecular formula is C10H13BrFNO2. The zero-order valence-electron chi connectivity index (χ0n) is 8.30. The average molecular weight is 278 g/mol. The van der Waals surface area contributed by atoms with Gasteiger partial charge in [-0.05, 0) is 25.0 Å². The van der Waals surface area contributed by atoms with Crippen LogP contribution in [0.2, 0.25) is 0 Å². The van der Waals surface area contributed by atoms with E-state index < -0.39 is 17.6 Å².